The van der Waals surface area contributed by atoms with Crippen molar-refractivity contribution < 1.29 is 14.7 Å². The second-order valence-electron chi connectivity index (χ2n) is 4.05. The van der Waals surface area contributed by atoms with Crippen LogP contribution in [0, 0.1) is 0 Å². The summed E-state index contributed by atoms with van der Waals surface area (Å²) >= 11 is 0. The van der Waals surface area contributed by atoms with Crippen LogP contribution in [0.25, 0.3) is 0 Å². The zero-order chi connectivity index (χ0) is 13.0. The highest BCUT2D eigenvalue weighted by atomic mass is 16.4. The Bertz CT molecular complexity index is 420. The van der Waals surface area contributed by atoms with Crippen molar-refractivity contribution in [2.45, 2.75) is 6.42 Å². The summed E-state index contributed by atoms with van der Waals surface area (Å²) in [5.74, 6) is -1.09. The molecule has 1 aliphatic heterocycles. The number of carbonyl (C=O) groups excluding carboxylic acids is 1. The molecule has 2 rings (SSSR count). The van der Waals surface area contributed by atoms with Crippen LogP contribution in [0.4, 0.5) is 0 Å². The van der Waals surface area contributed by atoms with Crippen LogP contribution in [0.2, 0.25) is 0 Å². The molecule has 0 bridgehead atoms. The molecule has 98 valence electrons. The quantitative estimate of drug-likeness (QED) is 0.669. The third-order valence-electron chi connectivity index (χ3n) is 2.77. The minimum Gasteiger partial charge on any atom is -0.480 e. The van der Waals surface area contributed by atoms with Gasteiger partial charge in [-0.25, -0.2) is 0 Å². The van der Waals surface area contributed by atoms with Crippen molar-refractivity contribution in [3.05, 3.63) is 5.82 Å². The number of carbonyl (C=O) groups is 2. The van der Waals surface area contributed by atoms with Gasteiger partial charge < -0.3 is 10.0 Å². The summed E-state index contributed by atoms with van der Waals surface area (Å²) in [6.07, 6.45) is 0.733. The lowest BCUT2D eigenvalue weighted by Gasteiger charge is -2.19. The fourth-order valence-corrected chi connectivity index (χ4v) is 1.92. The SMILES string of the molecule is O=C(O)CN1CCCN(C(=O)c2nn[nH]n2)CC1. The van der Waals surface area contributed by atoms with Gasteiger partial charge in [0, 0.05) is 26.2 Å². The first-order valence-electron chi connectivity index (χ1n) is 5.63. The first-order chi connectivity index (χ1) is 8.66. The van der Waals surface area contributed by atoms with E-state index in [1.807, 2.05) is 4.90 Å². The lowest BCUT2D eigenvalue weighted by Crippen LogP contribution is -2.37. The maximum absolute atomic E-state index is 11.9. The number of amides is 1. The number of aliphatic carboxylic acids is 1. The third-order valence-corrected chi connectivity index (χ3v) is 2.77. The smallest absolute Gasteiger partial charge is 0.317 e. The van der Waals surface area contributed by atoms with Gasteiger partial charge in [-0.05, 0) is 11.6 Å². The number of rotatable bonds is 3. The molecule has 1 saturated heterocycles. The Kier molecular flexibility index (Phi) is 3.82. The number of hydrogen-bond acceptors (Lipinski definition) is 6. The van der Waals surface area contributed by atoms with Crippen LogP contribution < -0.4 is 0 Å². The highest BCUT2D eigenvalue weighted by Crippen LogP contribution is 2.05. The number of tetrazole rings is 1. The van der Waals surface area contributed by atoms with Crippen LogP contribution in [-0.4, -0.2) is 80.1 Å². The Morgan fingerprint density at radius 3 is 2.78 bits per heavy atom. The van der Waals surface area contributed by atoms with E-state index in [1.54, 1.807) is 4.90 Å². The molecule has 0 radical (unpaired) electrons. The van der Waals surface area contributed by atoms with Crippen molar-refractivity contribution in [1.29, 1.82) is 0 Å². The Hall–Kier alpha value is -2.03. The molecule has 0 saturated carbocycles. The Morgan fingerprint density at radius 2 is 2.11 bits per heavy atom. The van der Waals surface area contributed by atoms with Crippen LogP contribution in [0.1, 0.15) is 17.0 Å². The van der Waals surface area contributed by atoms with Crippen LogP contribution >= 0.6 is 0 Å². The van der Waals surface area contributed by atoms with Gasteiger partial charge in [-0.2, -0.15) is 5.21 Å². The standard InChI is InChI=1S/C9H14N6O3/c16-7(17)6-14-2-1-3-15(5-4-14)9(18)8-10-12-13-11-8/h1-6H2,(H,16,17)(H,10,11,12,13). The normalized spacial score (nSPS) is 17.4. The highest BCUT2D eigenvalue weighted by Gasteiger charge is 2.23. The van der Waals surface area contributed by atoms with E-state index in [4.69, 9.17) is 5.11 Å². The van der Waals surface area contributed by atoms with Crippen molar-refractivity contribution in [3.63, 3.8) is 0 Å². The summed E-state index contributed by atoms with van der Waals surface area (Å²) in [6, 6.07) is 0. The monoisotopic (exact) mass is 254 g/mol. The van der Waals surface area contributed by atoms with Crippen molar-refractivity contribution >= 4 is 11.9 Å². The number of hydrogen-bond donors (Lipinski definition) is 2. The predicted octanol–water partition coefficient (Wildman–Crippen LogP) is -1.57. The number of nitrogens with zero attached hydrogens (tertiary/aromatic N) is 5. The summed E-state index contributed by atoms with van der Waals surface area (Å²) in [4.78, 5) is 26.0. The average molecular weight is 254 g/mol. The maximum Gasteiger partial charge on any atom is 0.317 e. The van der Waals surface area contributed by atoms with Crippen molar-refractivity contribution in [3.8, 4) is 0 Å². The molecule has 1 amide bonds. The number of nitrogens with one attached hydrogen (secondary N) is 1. The van der Waals surface area contributed by atoms with Gasteiger partial charge in [0.15, 0.2) is 0 Å². The molecule has 9 heteroatoms. The van der Waals surface area contributed by atoms with Gasteiger partial charge >= 0.3 is 5.97 Å². The molecule has 2 N–H and O–H groups in total. The molecule has 1 aliphatic rings. The first-order valence-corrected chi connectivity index (χ1v) is 5.63. The van der Waals surface area contributed by atoms with Crippen LogP contribution in [0.5, 0.6) is 0 Å². The number of carboxylic acids is 1. The number of H-pyrrole nitrogens is 1. The second-order valence-corrected chi connectivity index (χ2v) is 4.05. The van der Waals surface area contributed by atoms with Crippen molar-refractivity contribution in [1.82, 2.24) is 30.4 Å². The third kappa shape index (κ3) is 3.00. The first kappa shape index (κ1) is 12.4. The van der Waals surface area contributed by atoms with E-state index in [9.17, 15) is 9.59 Å². The molecule has 0 unspecified atom stereocenters. The molecular weight excluding hydrogens is 240 g/mol. The van der Waals surface area contributed by atoms with E-state index in [0.29, 0.717) is 26.2 Å². The number of aromatic nitrogens is 4. The van der Waals surface area contributed by atoms with Gasteiger partial charge in [-0.1, -0.05) is 0 Å². The molecule has 1 aromatic heterocycles. The van der Waals surface area contributed by atoms with Crippen molar-refractivity contribution in [2.75, 3.05) is 32.7 Å². The van der Waals surface area contributed by atoms with Gasteiger partial charge in [-0.15, -0.1) is 10.2 Å². The molecule has 2 heterocycles. The Labute approximate surface area is 103 Å². The predicted molar refractivity (Wildman–Crippen MR) is 58.8 cm³/mol. The van der Waals surface area contributed by atoms with Crippen LogP contribution in [0.15, 0.2) is 0 Å². The molecule has 0 spiro atoms. The minimum atomic E-state index is -0.854. The van der Waals surface area contributed by atoms with Gasteiger partial charge in [0.2, 0.25) is 0 Å². The fraction of sp³-hybridized carbons (Fsp3) is 0.667. The minimum absolute atomic E-state index is 0.00421. The Balaban J connectivity index is 1.93. The van der Waals surface area contributed by atoms with E-state index < -0.39 is 5.97 Å². The molecule has 0 atom stereocenters. The topological polar surface area (TPSA) is 115 Å². The second kappa shape index (κ2) is 5.54. The van der Waals surface area contributed by atoms with E-state index in [2.05, 4.69) is 20.6 Å². The average Bonchev–Trinajstić information content (AvgIpc) is 2.76. The van der Waals surface area contributed by atoms with E-state index in [-0.39, 0.29) is 18.3 Å². The summed E-state index contributed by atoms with van der Waals surface area (Å²) in [5.41, 5.74) is 0. The van der Waals surface area contributed by atoms with E-state index in [0.717, 1.165) is 6.42 Å². The molecule has 18 heavy (non-hydrogen) atoms. The zero-order valence-electron chi connectivity index (χ0n) is 9.74. The lowest BCUT2D eigenvalue weighted by atomic mass is 10.3. The molecular formula is C9H14N6O3. The molecule has 0 aromatic carbocycles. The zero-order valence-corrected chi connectivity index (χ0v) is 9.74. The molecule has 1 fully saturated rings. The summed E-state index contributed by atoms with van der Waals surface area (Å²) in [6.45, 7) is 2.26. The van der Waals surface area contributed by atoms with E-state index >= 15 is 0 Å². The van der Waals surface area contributed by atoms with Crippen LogP contribution in [-0.2, 0) is 4.79 Å². The molecule has 1 aromatic rings. The molecule has 0 aliphatic carbocycles. The van der Waals surface area contributed by atoms with Gasteiger partial charge in [0.05, 0.1) is 6.54 Å². The summed E-state index contributed by atoms with van der Waals surface area (Å²) in [7, 11) is 0. The largest absolute Gasteiger partial charge is 0.480 e. The lowest BCUT2D eigenvalue weighted by molar-refractivity contribution is -0.138. The number of aromatic amines is 1. The highest BCUT2D eigenvalue weighted by molar-refractivity contribution is 5.90. The maximum atomic E-state index is 11.9. The van der Waals surface area contributed by atoms with E-state index in [1.165, 1.54) is 0 Å². The summed E-state index contributed by atoms with van der Waals surface area (Å²) in [5, 5.41) is 21.6. The number of carboxylic acid groups (broad SMARTS) is 1. The van der Waals surface area contributed by atoms with Gasteiger partial charge in [-0.3, -0.25) is 14.5 Å². The summed E-state index contributed by atoms with van der Waals surface area (Å²) < 4.78 is 0. The Morgan fingerprint density at radius 1 is 1.28 bits per heavy atom. The molecule has 9 nitrogen and oxygen atoms in total. The van der Waals surface area contributed by atoms with Crippen molar-refractivity contribution in [2.24, 2.45) is 0 Å². The van der Waals surface area contributed by atoms with Gasteiger partial charge in [0.25, 0.3) is 11.7 Å². The van der Waals surface area contributed by atoms with Crippen LogP contribution in [0.3, 0.4) is 0 Å². The fourth-order valence-electron chi connectivity index (χ4n) is 1.92. The van der Waals surface area contributed by atoms with Gasteiger partial charge in [0.1, 0.15) is 0 Å².